The first-order valence-electron chi connectivity index (χ1n) is 4.29. The second-order valence-corrected chi connectivity index (χ2v) is 3.69. The van der Waals surface area contributed by atoms with E-state index in [9.17, 15) is 0 Å². The van der Waals surface area contributed by atoms with E-state index in [4.69, 9.17) is 16.3 Å². The molecule has 68 valence electrons. The summed E-state index contributed by atoms with van der Waals surface area (Å²) in [5, 5.41) is 0.871. The standard InChI is InChI=1S/C9H11BClNO/c1-13-10-12-5-7-3-2-4-9(11)8(7)6-12/h2-4,10H,5-6H2,1H3. The minimum Gasteiger partial charge on any atom is -0.427 e. The zero-order valence-electron chi connectivity index (χ0n) is 7.59. The van der Waals surface area contributed by atoms with Crippen molar-refractivity contribution >= 4 is 19.2 Å². The lowest BCUT2D eigenvalue weighted by molar-refractivity contribution is 0.345. The molecular weight excluding hydrogens is 184 g/mol. The molecule has 0 unspecified atom stereocenters. The van der Waals surface area contributed by atoms with Crippen LogP contribution in [0.5, 0.6) is 0 Å². The van der Waals surface area contributed by atoms with Crippen molar-refractivity contribution in [2.75, 3.05) is 7.11 Å². The fraction of sp³-hybridized carbons (Fsp3) is 0.333. The van der Waals surface area contributed by atoms with E-state index < -0.39 is 0 Å². The van der Waals surface area contributed by atoms with E-state index in [2.05, 4.69) is 10.9 Å². The Morgan fingerprint density at radius 1 is 1.46 bits per heavy atom. The Hall–Kier alpha value is -0.505. The molecule has 0 bridgehead atoms. The fourth-order valence-electron chi connectivity index (χ4n) is 1.72. The molecule has 0 saturated heterocycles. The van der Waals surface area contributed by atoms with Crippen LogP contribution in [0.1, 0.15) is 11.1 Å². The van der Waals surface area contributed by atoms with E-state index >= 15 is 0 Å². The monoisotopic (exact) mass is 195 g/mol. The van der Waals surface area contributed by atoms with E-state index in [1.165, 1.54) is 11.1 Å². The molecule has 0 radical (unpaired) electrons. The average Bonchev–Trinajstić information content (AvgIpc) is 2.49. The fourth-order valence-corrected chi connectivity index (χ4v) is 1.98. The lowest BCUT2D eigenvalue weighted by Gasteiger charge is -2.10. The van der Waals surface area contributed by atoms with Crippen molar-refractivity contribution in [3.05, 3.63) is 34.3 Å². The van der Waals surface area contributed by atoms with Crippen LogP contribution >= 0.6 is 11.6 Å². The van der Waals surface area contributed by atoms with Crippen molar-refractivity contribution in [2.45, 2.75) is 13.1 Å². The van der Waals surface area contributed by atoms with Gasteiger partial charge in [0.25, 0.3) is 0 Å². The van der Waals surface area contributed by atoms with Gasteiger partial charge in [0, 0.05) is 25.2 Å². The molecule has 0 aliphatic carbocycles. The molecule has 1 aromatic carbocycles. The third kappa shape index (κ3) is 1.73. The zero-order valence-corrected chi connectivity index (χ0v) is 8.34. The Labute approximate surface area is 83.7 Å². The van der Waals surface area contributed by atoms with Gasteiger partial charge in [0.2, 0.25) is 0 Å². The highest BCUT2D eigenvalue weighted by atomic mass is 35.5. The van der Waals surface area contributed by atoms with Gasteiger partial charge in [-0.2, -0.15) is 0 Å². The molecule has 1 aliphatic rings. The first kappa shape index (κ1) is 9.07. The van der Waals surface area contributed by atoms with Crippen molar-refractivity contribution in [3.63, 3.8) is 0 Å². The quantitative estimate of drug-likeness (QED) is 0.664. The summed E-state index contributed by atoms with van der Waals surface area (Å²) in [4.78, 5) is 2.22. The van der Waals surface area contributed by atoms with Crippen LogP contribution in [0, 0.1) is 0 Å². The van der Waals surface area contributed by atoms with Crippen molar-refractivity contribution in [2.24, 2.45) is 0 Å². The molecule has 1 aromatic rings. The average molecular weight is 195 g/mol. The number of hydrogen-bond donors (Lipinski definition) is 0. The smallest absolute Gasteiger partial charge is 0.363 e. The van der Waals surface area contributed by atoms with Gasteiger partial charge in [-0.15, -0.1) is 0 Å². The van der Waals surface area contributed by atoms with Gasteiger partial charge in [-0.25, -0.2) is 0 Å². The molecule has 13 heavy (non-hydrogen) atoms. The molecule has 0 N–H and O–H groups in total. The number of rotatable bonds is 2. The van der Waals surface area contributed by atoms with Gasteiger partial charge in [0.15, 0.2) is 0 Å². The normalized spacial score (nSPS) is 15.8. The first-order chi connectivity index (χ1) is 6.31. The lowest BCUT2D eigenvalue weighted by Crippen LogP contribution is -2.22. The highest BCUT2D eigenvalue weighted by Crippen LogP contribution is 2.28. The number of halogens is 1. The second-order valence-electron chi connectivity index (χ2n) is 3.28. The Morgan fingerprint density at radius 2 is 2.31 bits per heavy atom. The second kappa shape index (κ2) is 3.70. The molecule has 0 spiro atoms. The summed E-state index contributed by atoms with van der Waals surface area (Å²) in [6, 6.07) is 6.06. The molecule has 0 saturated carbocycles. The van der Waals surface area contributed by atoms with Crippen LogP contribution in [-0.2, 0) is 17.7 Å². The van der Waals surface area contributed by atoms with Gasteiger partial charge in [-0.05, 0) is 17.2 Å². The van der Waals surface area contributed by atoms with Crippen molar-refractivity contribution in [1.82, 2.24) is 4.81 Å². The van der Waals surface area contributed by atoms with E-state index in [1.807, 2.05) is 12.1 Å². The zero-order chi connectivity index (χ0) is 9.26. The van der Waals surface area contributed by atoms with Crippen molar-refractivity contribution < 1.29 is 4.65 Å². The Balaban J connectivity index is 2.20. The lowest BCUT2D eigenvalue weighted by atomic mass is 10.1. The minimum atomic E-state index is 0.672. The third-order valence-corrected chi connectivity index (χ3v) is 2.66. The van der Waals surface area contributed by atoms with Gasteiger partial charge in [-0.1, -0.05) is 23.7 Å². The van der Waals surface area contributed by atoms with Crippen LogP contribution < -0.4 is 0 Å². The summed E-state index contributed by atoms with van der Waals surface area (Å²) < 4.78 is 5.08. The Kier molecular flexibility index (Phi) is 2.58. The topological polar surface area (TPSA) is 12.5 Å². The molecule has 2 nitrogen and oxygen atoms in total. The molecule has 0 atom stereocenters. The van der Waals surface area contributed by atoms with Crippen LogP contribution in [0.2, 0.25) is 5.02 Å². The van der Waals surface area contributed by atoms with Crippen molar-refractivity contribution in [3.8, 4) is 0 Å². The van der Waals surface area contributed by atoms with Gasteiger partial charge < -0.3 is 9.47 Å². The van der Waals surface area contributed by atoms with Gasteiger partial charge >= 0.3 is 7.62 Å². The van der Waals surface area contributed by atoms with Crippen molar-refractivity contribution in [1.29, 1.82) is 0 Å². The number of hydrogen-bond acceptors (Lipinski definition) is 2. The van der Waals surface area contributed by atoms with Crippen LogP contribution in [0.25, 0.3) is 0 Å². The van der Waals surface area contributed by atoms with Crippen LogP contribution in [0.15, 0.2) is 18.2 Å². The Morgan fingerprint density at radius 3 is 3.00 bits per heavy atom. The molecule has 1 heterocycles. The minimum absolute atomic E-state index is 0.672. The molecular formula is C9H11BClNO. The van der Waals surface area contributed by atoms with E-state index in [1.54, 1.807) is 7.11 Å². The summed E-state index contributed by atoms with van der Waals surface area (Å²) in [5.41, 5.74) is 2.57. The van der Waals surface area contributed by atoms with E-state index in [-0.39, 0.29) is 0 Å². The maximum Gasteiger partial charge on any atom is 0.363 e. The predicted molar refractivity (Wildman–Crippen MR) is 54.9 cm³/mol. The number of nitrogens with zero attached hydrogens (tertiary/aromatic N) is 1. The summed E-state index contributed by atoms with van der Waals surface area (Å²) in [6.45, 7) is 1.85. The SMILES string of the molecule is COBN1Cc2cccc(Cl)c2C1. The summed E-state index contributed by atoms with van der Waals surface area (Å²) in [6.07, 6.45) is 0. The molecule has 0 amide bonds. The van der Waals surface area contributed by atoms with Gasteiger partial charge in [0.05, 0.1) is 0 Å². The summed E-state index contributed by atoms with van der Waals surface area (Å²) in [5.74, 6) is 0. The first-order valence-corrected chi connectivity index (χ1v) is 4.66. The molecule has 0 fully saturated rings. The summed E-state index contributed by atoms with van der Waals surface area (Å²) >= 11 is 6.07. The van der Waals surface area contributed by atoms with Crippen LogP contribution in [-0.4, -0.2) is 19.5 Å². The third-order valence-electron chi connectivity index (χ3n) is 2.30. The maximum absolute atomic E-state index is 6.07. The van der Waals surface area contributed by atoms with E-state index in [0.29, 0.717) is 7.62 Å². The summed E-state index contributed by atoms with van der Waals surface area (Å²) in [7, 11) is 2.38. The van der Waals surface area contributed by atoms with Gasteiger partial charge in [0.1, 0.15) is 0 Å². The predicted octanol–water partition coefficient (Wildman–Crippen LogP) is 1.57. The van der Waals surface area contributed by atoms with Gasteiger partial charge in [-0.3, -0.25) is 0 Å². The molecule has 4 heteroatoms. The van der Waals surface area contributed by atoms with E-state index in [0.717, 1.165) is 18.1 Å². The van der Waals surface area contributed by atoms with Crippen LogP contribution in [0.4, 0.5) is 0 Å². The molecule has 0 aromatic heterocycles. The maximum atomic E-state index is 6.07. The van der Waals surface area contributed by atoms with Crippen LogP contribution in [0.3, 0.4) is 0 Å². The molecule has 1 aliphatic heterocycles. The highest BCUT2D eigenvalue weighted by molar-refractivity contribution is 6.31. The number of fused-ring (bicyclic) bond motifs is 1. The largest absolute Gasteiger partial charge is 0.427 e. The highest BCUT2D eigenvalue weighted by Gasteiger charge is 2.20. The molecule has 2 rings (SSSR count). The Bertz CT molecular complexity index is 318. The number of benzene rings is 1.